The number of piperidine rings is 1. The zero-order valence-corrected chi connectivity index (χ0v) is 13.8. The molecule has 1 aliphatic heterocycles. The van der Waals surface area contributed by atoms with Crippen LogP contribution >= 0.6 is 11.8 Å². The zero-order valence-electron chi connectivity index (χ0n) is 13.0. The number of rotatable bonds is 5. The number of nitrogens with one attached hydrogen (secondary N) is 2. The van der Waals surface area contributed by atoms with Gasteiger partial charge in [-0.3, -0.25) is 4.79 Å². The standard InChI is InChI=1S/C16H30N2OS/c1-12(13-6-8-17-9-7-13)10-16(19)18-14-4-3-5-15(11-14)20-2/h12-15,17H,3-11H2,1-2H3,(H,18,19)/t12-,14+,15-/m1/s1. The van der Waals surface area contributed by atoms with Crippen molar-refractivity contribution in [2.24, 2.45) is 11.8 Å². The number of amides is 1. The summed E-state index contributed by atoms with van der Waals surface area (Å²) in [5, 5.41) is 7.43. The van der Waals surface area contributed by atoms with Gasteiger partial charge in [0.25, 0.3) is 0 Å². The van der Waals surface area contributed by atoms with Gasteiger partial charge in [0.15, 0.2) is 0 Å². The van der Waals surface area contributed by atoms with Crippen LogP contribution in [-0.4, -0.2) is 36.5 Å². The Morgan fingerprint density at radius 3 is 2.75 bits per heavy atom. The van der Waals surface area contributed by atoms with E-state index in [4.69, 9.17) is 0 Å². The molecule has 1 amide bonds. The second-order valence-electron chi connectivity index (χ2n) is 6.56. The SMILES string of the molecule is CS[C@@H]1CCC[C@H](NC(=O)C[C@@H](C)C2CCNCC2)C1. The van der Waals surface area contributed by atoms with Crippen LogP contribution < -0.4 is 10.6 Å². The summed E-state index contributed by atoms with van der Waals surface area (Å²) >= 11 is 1.95. The largest absolute Gasteiger partial charge is 0.353 e. The Morgan fingerprint density at radius 1 is 1.30 bits per heavy atom. The van der Waals surface area contributed by atoms with Crippen molar-refractivity contribution >= 4 is 17.7 Å². The molecule has 0 aromatic heterocycles. The van der Waals surface area contributed by atoms with Gasteiger partial charge in [-0.2, -0.15) is 11.8 Å². The molecule has 1 saturated heterocycles. The molecule has 0 unspecified atom stereocenters. The summed E-state index contributed by atoms with van der Waals surface area (Å²) in [6.45, 7) is 4.49. The predicted molar refractivity (Wildman–Crippen MR) is 87.1 cm³/mol. The maximum atomic E-state index is 12.2. The monoisotopic (exact) mass is 298 g/mol. The van der Waals surface area contributed by atoms with Crippen molar-refractivity contribution < 1.29 is 4.79 Å². The molecule has 0 aromatic rings. The first-order valence-corrected chi connectivity index (χ1v) is 9.50. The van der Waals surface area contributed by atoms with Gasteiger partial charge in [0.05, 0.1) is 0 Å². The lowest BCUT2D eigenvalue weighted by atomic mass is 9.84. The van der Waals surface area contributed by atoms with Crippen LogP contribution in [0, 0.1) is 11.8 Å². The minimum atomic E-state index is 0.280. The summed E-state index contributed by atoms with van der Waals surface area (Å²) in [7, 11) is 0. The van der Waals surface area contributed by atoms with Crippen LogP contribution in [0.5, 0.6) is 0 Å². The summed E-state index contributed by atoms with van der Waals surface area (Å²) in [6.07, 6.45) is 10.3. The highest BCUT2D eigenvalue weighted by Gasteiger charge is 2.25. The summed E-state index contributed by atoms with van der Waals surface area (Å²) < 4.78 is 0. The van der Waals surface area contributed by atoms with E-state index >= 15 is 0 Å². The molecule has 3 atom stereocenters. The molecule has 1 aliphatic carbocycles. The van der Waals surface area contributed by atoms with Crippen LogP contribution in [0.25, 0.3) is 0 Å². The van der Waals surface area contributed by atoms with Crippen molar-refractivity contribution in [1.29, 1.82) is 0 Å². The van der Waals surface area contributed by atoms with Gasteiger partial charge in [-0.1, -0.05) is 13.3 Å². The maximum absolute atomic E-state index is 12.2. The Morgan fingerprint density at radius 2 is 2.05 bits per heavy atom. The Balaban J connectivity index is 1.71. The first-order valence-electron chi connectivity index (χ1n) is 8.22. The van der Waals surface area contributed by atoms with E-state index in [9.17, 15) is 4.79 Å². The van der Waals surface area contributed by atoms with Crippen LogP contribution in [0.3, 0.4) is 0 Å². The minimum Gasteiger partial charge on any atom is -0.353 e. The molecule has 1 saturated carbocycles. The molecule has 116 valence electrons. The molecule has 1 heterocycles. The van der Waals surface area contributed by atoms with Gasteiger partial charge in [0.1, 0.15) is 0 Å². The van der Waals surface area contributed by atoms with Gasteiger partial charge in [-0.15, -0.1) is 0 Å². The third-order valence-corrected chi connectivity index (χ3v) is 6.12. The molecule has 0 spiro atoms. The lowest BCUT2D eigenvalue weighted by Crippen LogP contribution is -2.40. The maximum Gasteiger partial charge on any atom is 0.220 e. The van der Waals surface area contributed by atoms with Gasteiger partial charge in [0.2, 0.25) is 5.91 Å². The van der Waals surface area contributed by atoms with Crippen molar-refractivity contribution in [2.45, 2.75) is 63.2 Å². The molecule has 0 radical (unpaired) electrons. The first kappa shape index (κ1) is 16.2. The minimum absolute atomic E-state index is 0.280. The predicted octanol–water partition coefficient (Wildman–Crippen LogP) is 2.80. The Bertz CT molecular complexity index is 299. The molecule has 20 heavy (non-hydrogen) atoms. The zero-order chi connectivity index (χ0) is 14.4. The third kappa shape index (κ3) is 4.96. The van der Waals surface area contributed by atoms with Crippen molar-refractivity contribution in [3.8, 4) is 0 Å². The van der Waals surface area contributed by atoms with Crippen LogP contribution in [0.15, 0.2) is 0 Å². The van der Waals surface area contributed by atoms with Gasteiger partial charge in [-0.25, -0.2) is 0 Å². The van der Waals surface area contributed by atoms with Gasteiger partial charge in [-0.05, 0) is 63.3 Å². The fraction of sp³-hybridized carbons (Fsp3) is 0.938. The highest BCUT2D eigenvalue weighted by molar-refractivity contribution is 7.99. The topological polar surface area (TPSA) is 41.1 Å². The molecule has 0 aromatic carbocycles. The second-order valence-corrected chi connectivity index (χ2v) is 7.70. The molecule has 0 bridgehead atoms. The van der Waals surface area contributed by atoms with E-state index in [1.54, 1.807) is 0 Å². The molecule has 2 N–H and O–H groups in total. The Hall–Kier alpha value is -0.220. The molecule has 3 nitrogen and oxygen atoms in total. The number of hydrogen-bond acceptors (Lipinski definition) is 3. The average molecular weight is 298 g/mol. The van der Waals surface area contributed by atoms with Gasteiger partial charge >= 0.3 is 0 Å². The lowest BCUT2D eigenvalue weighted by molar-refractivity contribution is -0.123. The molecule has 2 rings (SSSR count). The van der Waals surface area contributed by atoms with Crippen LogP contribution in [-0.2, 0) is 4.79 Å². The van der Waals surface area contributed by atoms with Crippen molar-refractivity contribution in [1.82, 2.24) is 10.6 Å². The quantitative estimate of drug-likeness (QED) is 0.820. The van der Waals surface area contributed by atoms with Crippen LogP contribution in [0.4, 0.5) is 0 Å². The van der Waals surface area contributed by atoms with Crippen molar-refractivity contribution in [2.75, 3.05) is 19.3 Å². The van der Waals surface area contributed by atoms with Crippen LogP contribution in [0.1, 0.15) is 51.9 Å². The summed E-state index contributed by atoms with van der Waals surface area (Å²) in [5.74, 6) is 1.53. The second kappa shape index (κ2) is 8.28. The number of hydrogen-bond donors (Lipinski definition) is 2. The van der Waals surface area contributed by atoms with E-state index < -0.39 is 0 Å². The van der Waals surface area contributed by atoms with Gasteiger partial charge < -0.3 is 10.6 Å². The normalized spacial score (nSPS) is 29.9. The van der Waals surface area contributed by atoms with E-state index in [1.165, 1.54) is 32.1 Å². The first-order chi connectivity index (χ1) is 9.69. The number of thioether (sulfide) groups is 1. The number of carbonyl (C=O) groups excluding carboxylic acids is 1. The molecule has 2 aliphatic rings. The van der Waals surface area contributed by atoms with E-state index in [0.717, 1.165) is 30.7 Å². The molecular formula is C16H30N2OS. The Labute approximate surface area is 128 Å². The van der Waals surface area contributed by atoms with Crippen LogP contribution in [0.2, 0.25) is 0 Å². The molecule has 2 fully saturated rings. The fourth-order valence-electron chi connectivity index (χ4n) is 3.65. The fourth-order valence-corrected chi connectivity index (χ4v) is 4.48. The van der Waals surface area contributed by atoms with E-state index in [0.29, 0.717) is 18.4 Å². The van der Waals surface area contributed by atoms with E-state index in [-0.39, 0.29) is 5.91 Å². The summed E-state index contributed by atoms with van der Waals surface area (Å²) in [5.41, 5.74) is 0. The third-order valence-electron chi connectivity index (χ3n) is 5.02. The molecular weight excluding hydrogens is 268 g/mol. The highest BCUT2D eigenvalue weighted by atomic mass is 32.2. The van der Waals surface area contributed by atoms with E-state index in [2.05, 4.69) is 23.8 Å². The summed E-state index contributed by atoms with van der Waals surface area (Å²) in [4.78, 5) is 12.2. The van der Waals surface area contributed by atoms with E-state index in [1.807, 2.05) is 11.8 Å². The van der Waals surface area contributed by atoms with Crippen molar-refractivity contribution in [3.63, 3.8) is 0 Å². The lowest BCUT2D eigenvalue weighted by Gasteiger charge is -2.31. The number of carbonyl (C=O) groups is 1. The average Bonchev–Trinajstić information content (AvgIpc) is 2.48. The molecule has 4 heteroatoms. The smallest absolute Gasteiger partial charge is 0.220 e. The highest BCUT2D eigenvalue weighted by Crippen LogP contribution is 2.28. The van der Waals surface area contributed by atoms with Gasteiger partial charge in [0, 0.05) is 17.7 Å². The Kier molecular flexibility index (Phi) is 6.69. The summed E-state index contributed by atoms with van der Waals surface area (Å²) in [6, 6.07) is 0.425. The van der Waals surface area contributed by atoms with Crippen molar-refractivity contribution in [3.05, 3.63) is 0 Å².